The van der Waals surface area contributed by atoms with Crippen molar-refractivity contribution < 1.29 is 4.79 Å². The molecule has 3 rings (SSSR count). The van der Waals surface area contributed by atoms with Gasteiger partial charge in [-0.15, -0.1) is 10.2 Å². The van der Waals surface area contributed by atoms with Gasteiger partial charge in [-0.25, -0.2) is 0 Å². The predicted molar refractivity (Wildman–Crippen MR) is 111 cm³/mol. The average molecular weight is 392 g/mol. The van der Waals surface area contributed by atoms with Gasteiger partial charge in [0.1, 0.15) is 0 Å². The molecule has 1 fully saturated rings. The number of amides is 1. The van der Waals surface area contributed by atoms with Gasteiger partial charge in [0.05, 0.1) is 5.75 Å². The number of nitrogens with one attached hydrogen (secondary N) is 2. The Kier molecular flexibility index (Phi) is 6.37. The van der Waals surface area contributed by atoms with E-state index in [9.17, 15) is 4.79 Å². The highest BCUT2D eigenvalue weighted by molar-refractivity contribution is 8.01. The monoisotopic (exact) mass is 391 g/mol. The van der Waals surface area contributed by atoms with Gasteiger partial charge in [0, 0.05) is 30.0 Å². The minimum Gasteiger partial charge on any atom is -0.369 e. The summed E-state index contributed by atoms with van der Waals surface area (Å²) in [5.74, 6) is 0.290. The lowest BCUT2D eigenvalue weighted by Crippen LogP contribution is -2.30. The summed E-state index contributed by atoms with van der Waals surface area (Å²) >= 11 is 2.92. The Morgan fingerprint density at radius 1 is 1.31 bits per heavy atom. The number of carbonyl (C=O) groups is 1. The van der Waals surface area contributed by atoms with Gasteiger partial charge in [0.2, 0.25) is 11.0 Å². The zero-order valence-electron chi connectivity index (χ0n) is 15.4. The van der Waals surface area contributed by atoms with Crippen molar-refractivity contribution in [3.63, 3.8) is 0 Å². The van der Waals surface area contributed by atoms with E-state index in [1.54, 1.807) is 0 Å². The molecule has 6 nitrogen and oxygen atoms in total. The predicted octanol–water partition coefficient (Wildman–Crippen LogP) is 4.08. The zero-order chi connectivity index (χ0) is 18.5. The van der Waals surface area contributed by atoms with Crippen LogP contribution in [-0.4, -0.2) is 40.5 Å². The second kappa shape index (κ2) is 8.73. The van der Waals surface area contributed by atoms with Gasteiger partial charge in [0.25, 0.3) is 0 Å². The minimum atomic E-state index is -0.0362. The van der Waals surface area contributed by atoms with Crippen LogP contribution < -0.4 is 15.5 Å². The van der Waals surface area contributed by atoms with Gasteiger partial charge in [-0.3, -0.25) is 4.79 Å². The molecule has 1 aromatic carbocycles. The topological polar surface area (TPSA) is 70.2 Å². The van der Waals surface area contributed by atoms with E-state index in [1.807, 2.05) is 24.3 Å². The van der Waals surface area contributed by atoms with Crippen molar-refractivity contribution >= 4 is 45.5 Å². The van der Waals surface area contributed by atoms with Crippen molar-refractivity contribution in [1.82, 2.24) is 10.2 Å². The second-order valence-electron chi connectivity index (χ2n) is 6.56. The summed E-state index contributed by atoms with van der Waals surface area (Å²) in [5, 5.41) is 15.3. The van der Waals surface area contributed by atoms with Crippen LogP contribution in [0.4, 0.5) is 16.5 Å². The van der Waals surface area contributed by atoms with Crippen LogP contribution in [0.15, 0.2) is 28.6 Å². The molecule has 1 aliphatic carbocycles. The molecule has 0 spiro atoms. The Hall–Kier alpha value is -1.80. The van der Waals surface area contributed by atoms with Gasteiger partial charge < -0.3 is 15.5 Å². The van der Waals surface area contributed by atoms with E-state index < -0.39 is 0 Å². The maximum absolute atomic E-state index is 12.2. The smallest absolute Gasteiger partial charge is 0.234 e. The molecule has 1 saturated carbocycles. The number of carbonyl (C=O) groups excluding carboxylic acids is 1. The number of thioether (sulfide) groups is 1. The van der Waals surface area contributed by atoms with Crippen molar-refractivity contribution in [2.24, 2.45) is 0 Å². The van der Waals surface area contributed by atoms with E-state index in [2.05, 4.69) is 46.5 Å². The fourth-order valence-corrected chi connectivity index (χ4v) is 4.26. The average Bonchev–Trinajstić information content (AvgIpc) is 3.31. The number of hydrogen-bond acceptors (Lipinski definition) is 7. The Labute approximate surface area is 162 Å². The summed E-state index contributed by atoms with van der Waals surface area (Å²) in [7, 11) is 0. The summed E-state index contributed by atoms with van der Waals surface area (Å²) in [4.78, 5) is 14.5. The molecule has 0 saturated heterocycles. The third kappa shape index (κ3) is 5.35. The molecule has 1 heterocycles. The second-order valence-corrected chi connectivity index (χ2v) is 8.76. The highest BCUT2D eigenvalue weighted by Crippen LogP contribution is 2.30. The molecule has 0 bridgehead atoms. The van der Waals surface area contributed by atoms with E-state index in [1.165, 1.54) is 41.6 Å². The molecule has 0 radical (unpaired) electrons. The lowest BCUT2D eigenvalue weighted by molar-refractivity contribution is -0.113. The van der Waals surface area contributed by atoms with Gasteiger partial charge >= 0.3 is 0 Å². The first-order chi connectivity index (χ1) is 12.5. The maximum atomic E-state index is 12.2. The molecule has 2 aromatic rings. The molecule has 2 N–H and O–H groups in total. The van der Waals surface area contributed by atoms with Crippen molar-refractivity contribution in [1.29, 1.82) is 0 Å². The number of anilines is 3. The van der Waals surface area contributed by atoms with Gasteiger partial charge in [-0.2, -0.15) is 0 Å². The standard InChI is InChI=1S/C18H25N5OS2/c1-4-23(12(2)3)15-9-7-13(8-10-15)19-16(24)11-25-18-22-21-17(26-18)20-14-5-6-14/h7-10,12,14H,4-6,11H2,1-3H3,(H,19,24)(H,20,21). The summed E-state index contributed by atoms with van der Waals surface area (Å²) in [5.41, 5.74) is 1.98. The summed E-state index contributed by atoms with van der Waals surface area (Å²) in [6.07, 6.45) is 2.41. The summed E-state index contributed by atoms with van der Waals surface area (Å²) < 4.78 is 0.814. The van der Waals surface area contributed by atoms with E-state index in [-0.39, 0.29) is 5.91 Å². The molecule has 1 amide bonds. The van der Waals surface area contributed by atoms with E-state index in [0.29, 0.717) is 17.8 Å². The number of aromatic nitrogens is 2. The van der Waals surface area contributed by atoms with Gasteiger partial charge in [0.15, 0.2) is 4.34 Å². The van der Waals surface area contributed by atoms with Crippen LogP contribution in [0.5, 0.6) is 0 Å². The highest BCUT2D eigenvalue weighted by atomic mass is 32.2. The fraction of sp³-hybridized carbons (Fsp3) is 0.500. The van der Waals surface area contributed by atoms with Crippen LogP contribution in [0.1, 0.15) is 33.6 Å². The van der Waals surface area contributed by atoms with Crippen LogP contribution >= 0.6 is 23.1 Å². The van der Waals surface area contributed by atoms with Crippen molar-refractivity contribution in [3.8, 4) is 0 Å². The molecule has 1 aliphatic rings. The molecular formula is C18H25N5OS2. The van der Waals surface area contributed by atoms with Crippen LogP contribution in [0.2, 0.25) is 0 Å². The zero-order valence-corrected chi connectivity index (χ0v) is 17.0. The lowest BCUT2D eigenvalue weighted by atomic mass is 10.2. The Balaban J connectivity index is 1.47. The largest absolute Gasteiger partial charge is 0.369 e. The number of nitrogens with zero attached hydrogens (tertiary/aromatic N) is 3. The summed E-state index contributed by atoms with van der Waals surface area (Å²) in [6.45, 7) is 7.45. The molecule has 0 aliphatic heterocycles. The maximum Gasteiger partial charge on any atom is 0.234 e. The Bertz CT molecular complexity index is 727. The molecule has 0 atom stereocenters. The van der Waals surface area contributed by atoms with E-state index in [0.717, 1.165) is 21.7 Å². The van der Waals surface area contributed by atoms with Crippen molar-refractivity contribution in [2.75, 3.05) is 27.8 Å². The normalized spacial score (nSPS) is 13.7. The van der Waals surface area contributed by atoms with E-state index in [4.69, 9.17) is 0 Å². The van der Waals surface area contributed by atoms with Crippen LogP contribution in [-0.2, 0) is 4.79 Å². The first-order valence-corrected chi connectivity index (χ1v) is 10.7. The molecule has 0 unspecified atom stereocenters. The van der Waals surface area contributed by atoms with Crippen molar-refractivity contribution in [3.05, 3.63) is 24.3 Å². The third-order valence-corrected chi connectivity index (χ3v) is 6.07. The van der Waals surface area contributed by atoms with Crippen LogP contribution in [0.25, 0.3) is 0 Å². The first-order valence-electron chi connectivity index (χ1n) is 8.94. The quantitative estimate of drug-likeness (QED) is 0.628. The molecular weight excluding hydrogens is 366 g/mol. The minimum absolute atomic E-state index is 0.0362. The van der Waals surface area contributed by atoms with Gasteiger partial charge in [-0.05, 0) is 57.9 Å². The van der Waals surface area contributed by atoms with Gasteiger partial charge in [-0.1, -0.05) is 23.1 Å². The number of benzene rings is 1. The summed E-state index contributed by atoms with van der Waals surface area (Å²) in [6, 6.07) is 9.01. The van der Waals surface area contributed by atoms with Crippen LogP contribution in [0, 0.1) is 0 Å². The fourth-order valence-electron chi connectivity index (χ4n) is 2.64. The molecule has 140 valence electrons. The Morgan fingerprint density at radius 2 is 2.04 bits per heavy atom. The SMILES string of the molecule is CCN(c1ccc(NC(=O)CSc2nnc(NC3CC3)s2)cc1)C(C)C. The molecule has 1 aromatic heterocycles. The number of hydrogen-bond donors (Lipinski definition) is 2. The van der Waals surface area contributed by atoms with E-state index >= 15 is 0 Å². The first kappa shape index (κ1) is 19.0. The number of rotatable bonds is 9. The van der Waals surface area contributed by atoms with Crippen LogP contribution in [0.3, 0.4) is 0 Å². The molecule has 26 heavy (non-hydrogen) atoms. The van der Waals surface area contributed by atoms with Crippen molar-refractivity contribution in [2.45, 2.75) is 50.0 Å². The lowest BCUT2D eigenvalue weighted by Gasteiger charge is -2.27. The highest BCUT2D eigenvalue weighted by Gasteiger charge is 2.22. The Morgan fingerprint density at radius 3 is 2.65 bits per heavy atom. The molecule has 8 heteroatoms. The third-order valence-electron chi connectivity index (χ3n) is 4.08.